The van der Waals surface area contributed by atoms with Crippen molar-refractivity contribution in [2.75, 3.05) is 16.4 Å². The molecule has 37 heavy (non-hydrogen) atoms. The second kappa shape index (κ2) is 11.5. The number of benzene rings is 2. The van der Waals surface area contributed by atoms with Crippen molar-refractivity contribution >= 4 is 39.1 Å². The molecule has 1 aliphatic carbocycles. The normalized spacial score (nSPS) is 17.7. The Morgan fingerprint density at radius 2 is 1.59 bits per heavy atom. The summed E-state index contributed by atoms with van der Waals surface area (Å²) in [5.74, 6) is -0.496. The maximum atomic E-state index is 12.6. The zero-order valence-corrected chi connectivity index (χ0v) is 21.6. The quantitative estimate of drug-likeness (QED) is 0.375. The summed E-state index contributed by atoms with van der Waals surface area (Å²) in [5.41, 5.74) is 2.32. The van der Waals surface area contributed by atoms with Gasteiger partial charge in [-0.25, -0.2) is 8.42 Å². The van der Waals surface area contributed by atoms with Gasteiger partial charge in [-0.2, -0.15) is 0 Å². The molecule has 1 aromatic heterocycles. The van der Waals surface area contributed by atoms with Crippen molar-refractivity contribution in [1.29, 1.82) is 0 Å². The minimum Gasteiger partial charge on any atom is -0.462 e. The lowest BCUT2D eigenvalue weighted by Gasteiger charge is -2.28. The fourth-order valence-corrected chi connectivity index (χ4v) is 5.09. The van der Waals surface area contributed by atoms with Crippen LogP contribution in [0, 0.1) is 0 Å². The van der Waals surface area contributed by atoms with Crippen molar-refractivity contribution in [2.45, 2.75) is 62.9 Å². The number of ether oxygens (including phenoxy) is 1. The van der Waals surface area contributed by atoms with Crippen LogP contribution < -0.4 is 10.6 Å². The molecule has 1 fully saturated rings. The van der Waals surface area contributed by atoms with Gasteiger partial charge in [-0.15, -0.1) is 5.10 Å². The van der Waals surface area contributed by atoms with E-state index in [2.05, 4.69) is 20.8 Å². The summed E-state index contributed by atoms with van der Waals surface area (Å²) in [6.07, 6.45) is 4.00. The lowest BCUT2D eigenvalue weighted by molar-refractivity contribution is -0.150. The molecule has 2 N–H and O–H groups in total. The molecular formula is C26H30N4O6S. The number of aromatic nitrogens is 2. The summed E-state index contributed by atoms with van der Waals surface area (Å²) >= 11 is 0. The van der Waals surface area contributed by atoms with Gasteiger partial charge >= 0.3 is 23.8 Å². The lowest BCUT2D eigenvalue weighted by Crippen LogP contribution is -2.23. The number of hydrogen-bond donors (Lipinski definition) is 2. The number of nitrogens with zero attached hydrogens (tertiary/aromatic N) is 2. The molecule has 11 heteroatoms. The summed E-state index contributed by atoms with van der Waals surface area (Å²) in [4.78, 5) is 24.3. The van der Waals surface area contributed by atoms with E-state index in [0.717, 1.165) is 25.7 Å². The van der Waals surface area contributed by atoms with E-state index in [4.69, 9.17) is 9.15 Å². The van der Waals surface area contributed by atoms with Crippen LogP contribution in [0.25, 0.3) is 0 Å². The average molecular weight is 527 g/mol. The van der Waals surface area contributed by atoms with E-state index in [9.17, 15) is 18.0 Å². The van der Waals surface area contributed by atoms with Crippen LogP contribution in [0.3, 0.4) is 0 Å². The smallest absolute Gasteiger partial charge is 0.320 e. The molecule has 3 aromatic rings. The maximum Gasteiger partial charge on any atom is 0.320 e. The number of amides is 1. The van der Waals surface area contributed by atoms with Gasteiger partial charge in [0.25, 0.3) is 0 Å². The molecule has 0 unspecified atom stereocenters. The van der Waals surface area contributed by atoms with Crippen LogP contribution in [-0.2, 0) is 19.4 Å². The first-order valence-corrected chi connectivity index (χ1v) is 14.0. The first-order valence-electron chi connectivity index (χ1n) is 12.3. The zero-order valence-electron chi connectivity index (χ0n) is 20.8. The summed E-state index contributed by atoms with van der Waals surface area (Å²) < 4.78 is 34.7. The van der Waals surface area contributed by atoms with Crippen molar-refractivity contribution in [3.05, 3.63) is 60.0 Å². The molecule has 1 aliphatic rings. The molecule has 0 bridgehead atoms. The van der Waals surface area contributed by atoms with E-state index in [1.165, 1.54) is 17.7 Å². The van der Waals surface area contributed by atoms with Crippen LogP contribution in [0.15, 0.2) is 57.8 Å². The monoisotopic (exact) mass is 526 g/mol. The largest absolute Gasteiger partial charge is 0.462 e. The molecule has 2 aromatic carbocycles. The summed E-state index contributed by atoms with van der Waals surface area (Å²) in [5, 5.41) is 13.2. The molecule has 4 rings (SSSR count). The molecule has 1 heterocycles. The van der Waals surface area contributed by atoms with Crippen LogP contribution in [0.5, 0.6) is 0 Å². The Bertz CT molecular complexity index is 1330. The zero-order chi connectivity index (χ0) is 26.4. The molecule has 196 valence electrons. The standard InChI is InChI=1S/C26H30N4O6S/c1-3-23(31)35-21-13-7-18(8-14-21)17-5-9-19(10-6-17)27-24(32)25-29-30-26(36-25)28-20-11-15-22(16-12-20)37(33,34)4-2/h5-6,9-12,15-16,18,21H,3-4,7-8,13-14H2,1-2H3,(H,27,32)(H,28,30). The molecule has 0 radical (unpaired) electrons. The van der Waals surface area contributed by atoms with Gasteiger partial charge in [0.05, 0.1) is 10.6 Å². The Morgan fingerprint density at radius 1 is 0.946 bits per heavy atom. The number of anilines is 3. The van der Waals surface area contributed by atoms with Crippen molar-refractivity contribution < 1.29 is 27.2 Å². The highest BCUT2D eigenvalue weighted by Gasteiger charge is 2.24. The SMILES string of the molecule is CCC(=O)OC1CCC(c2ccc(NC(=O)c3nnc(Nc4ccc(S(=O)(=O)CC)cc4)o3)cc2)CC1. The van der Waals surface area contributed by atoms with E-state index in [1.807, 2.05) is 24.3 Å². The molecule has 1 amide bonds. The molecule has 10 nitrogen and oxygen atoms in total. The summed E-state index contributed by atoms with van der Waals surface area (Å²) in [6.45, 7) is 3.38. The Hall–Kier alpha value is -3.73. The first-order chi connectivity index (χ1) is 17.8. The Balaban J connectivity index is 1.30. The van der Waals surface area contributed by atoms with Crippen molar-refractivity contribution in [3.8, 4) is 0 Å². The number of rotatable bonds is 9. The number of carbonyl (C=O) groups is 2. The van der Waals surface area contributed by atoms with E-state index in [0.29, 0.717) is 23.7 Å². The summed E-state index contributed by atoms with van der Waals surface area (Å²) in [7, 11) is -3.29. The van der Waals surface area contributed by atoms with E-state index in [-0.39, 0.29) is 34.6 Å². The van der Waals surface area contributed by atoms with Crippen LogP contribution in [0.4, 0.5) is 17.4 Å². The van der Waals surface area contributed by atoms with Gasteiger partial charge < -0.3 is 19.8 Å². The first kappa shape index (κ1) is 26.3. The van der Waals surface area contributed by atoms with Crippen LogP contribution in [0.1, 0.15) is 68.1 Å². The average Bonchev–Trinajstić information content (AvgIpc) is 3.38. The lowest BCUT2D eigenvalue weighted by atomic mass is 9.82. The Morgan fingerprint density at radius 3 is 2.22 bits per heavy atom. The van der Waals surface area contributed by atoms with Gasteiger partial charge in [0.1, 0.15) is 6.10 Å². The summed E-state index contributed by atoms with van der Waals surface area (Å²) in [6, 6.07) is 13.8. The number of esters is 1. The maximum absolute atomic E-state index is 12.6. The molecule has 0 spiro atoms. The van der Waals surface area contributed by atoms with E-state index < -0.39 is 15.7 Å². The fourth-order valence-electron chi connectivity index (χ4n) is 4.21. The topological polar surface area (TPSA) is 140 Å². The minimum absolute atomic E-state index is 0.00631. The molecule has 0 aliphatic heterocycles. The third-order valence-corrected chi connectivity index (χ3v) is 8.12. The van der Waals surface area contributed by atoms with Crippen molar-refractivity contribution in [1.82, 2.24) is 10.2 Å². The third kappa shape index (κ3) is 6.73. The third-order valence-electron chi connectivity index (χ3n) is 6.36. The van der Waals surface area contributed by atoms with Gasteiger partial charge in [0, 0.05) is 17.8 Å². The van der Waals surface area contributed by atoms with Crippen molar-refractivity contribution in [3.63, 3.8) is 0 Å². The molecule has 0 saturated heterocycles. The number of sulfone groups is 1. The fraction of sp³-hybridized carbons (Fsp3) is 0.385. The van der Waals surface area contributed by atoms with Crippen LogP contribution >= 0.6 is 0 Å². The Kier molecular flexibility index (Phi) is 8.22. The second-order valence-electron chi connectivity index (χ2n) is 8.86. The van der Waals surface area contributed by atoms with Gasteiger partial charge in [0.15, 0.2) is 9.84 Å². The van der Waals surface area contributed by atoms with Crippen molar-refractivity contribution in [2.24, 2.45) is 0 Å². The highest BCUT2D eigenvalue weighted by molar-refractivity contribution is 7.91. The molecule has 0 atom stereocenters. The van der Waals surface area contributed by atoms with Crippen LogP contribution in [-0.4, -0.2) is 42.3 Å². The molecular weight excluding hydrogens is 496 g/mol. The number of nitrogens with one attached hydrogen (secondary N) is 2. The number of hydrogen-bond acceptors (Lipinski definition) is 9. The highest BCUT2D eigenvalue weighted by atomic mass is 32.2. The minimum atomic E-state index is -3.29. The predicted molar refractivity (Wildman–Crippen MR) is 138 cm³/mol. The van der Waals surface area contributed by atoms with E-state index >= 15 is 0 Å². The highest BCUT2D eigenvalue weighted by Crippen LogP contribution is 2.34. The van der Waals surface area contributed by atoms with Crippen LogP contribution in [0.2, 0.25) is 0 Å². The van der Waals surface area contributed by atoms with Gasteiger partial charge in [-0.05, 0) is 73.6 Å². The number of carbonyl (C=O) groups excluding carboxylic acids is 2. The predicted octanol–water partition coefficient (Wildman–Crippen LogP) is 4.84. The second-order valence-corrected chi connectivity index (χ2v) is 11.1. The molecule has 1 saturated carbocycles. The van der Waals surface area contributed by atoms with Gasteiger partial charge in [0.2, 0.25) is 0 Å². The van der Waals surface area contributed by atoms with Gasteiger partial charge in [-0.1, -0.05) is 31.1 Å². The Labute approximate surface area is 215 Å². The van der Waals surface area contributed by atoms with Gasteiger partial charge in [-0.3, -0.25) is 9.59 Å². The van der Waals surface area contributed by atoms with E-state index in [1.54, 1.807) is 26.0 Å².